The monoisotopic (exact) mass is 287 g/mol. The molecule has 2 aromatic rings. The highest BCUT2D eigenvalue weighted by molar-refractivity contribution is 5.67. The van der Waals surface area contributed by atoms with E-state index in [9.17, 15) is 0 Å². The van der Waals surface area contributed by atoms with Crippen LogP contribution in [0.15, 0.2) is 18.2 Å². The summed E-state index contributed by atoms with van der Waals surface area (Å²) in [5, 5.41) is 12.3. The van der Waals surface area contributed by atoms with Gasteiger partial charge in [-0.1, -0.05) is 12.8 Å². The predicted octanol–water partition coefficient (Wildman–Crippen LogP) is 2.68. The molecule has 1 aromatic carbocycles. The van der Waals surface area contributed by atoms with Crippen molar-refractivity contribution in [3.63, 3.8) is 0 Å². The lowest BCUT2D eigenvalue weighted by molar-refractivity contribution is 0.331. The molecule has 1 unspecified atom stereocenters. The summed E-state index contributed by atoms with van der Waals surface area (Å²) >= 11 is 0. The van der Waals surface area contributed by atoms with Crippen molar-refractivity contribution >= 4 is 5.69 Å². The summed E-state index contributed by atoms with van der Waals surface area (Å²) in [7, 11) is 1.63. The van der Waals surface area contributed by atoms with Crippen LogP contribution in [0.2, 0.25) is 0 Å². The predicted molar refractivity (Wildman–Crippen MR) is 80.9 cm³/mol. The van der Waals surface area contributed by atoms with Crippen molar-refractivity contribution in [2.24, 2.45) is 5.92 Å². The third-order valence-corrected chi connectivity index (χ3v) is 4.43. The fraction of sp³-hybridized carbons (Fsp3) is 0.533. The minimum atomic E-state index is 0.291. The molecule has 1 saturated carbocycles. The maximum Gasteiger partial charge on any atom is 0.186 e. The standard InChI is InChI=1S/C15H21N5O/c1-10(11-5-3-4-6-11)20-15(17-18-19-20)13-8-7-12(16)9-14(13)21-2/h7-11H,3-6,16H2,1-2H3. The normalized spacial score (nSPS) is 17.0. The maximum absolute atomic E-state index is 5.82. The average molecular weight is 287 g/mol. The molecule has 0 bridgehead atoms. The topological polar surface area (TPSA) is 78.8 Å². The molecule has 6 heteroatoms. The van der Waals surface area contributed by atoms with E-state index < -0.39 is 0 Å². The van der Waals surface area contributed by atoms with Crippen LogP contribution in [0.4, 0.5) is 5.69 Å². The summed E-state index contributed by atoms with van der Waals surface area (Å²) in [6.07, 6.45) is 5.11. The Hall–Kier alpha value is -2.11. The van der Waals surface area contributed by atoms with Crippen molar-refractivity contribution in [3.05, 3.63) is 18.2 Å². The van der Waals surface area contributed by atoms with Gasteiger partial charge in [-0.15, -0.1) is 5.10 Å². The summed E-state index contributed by atoms with van der Waals surface area (Å²) < 4.78 is 7.34. The summed E-state index contributed by atoms with van der Waals surface area (Å²) in [6, 6.07) is 5.85. The van der Waals surface area contributed by atoms with E-state index in [4.69, 9.17) is 10.5 Å². The molecular weight excluding hydrogens is 266 g/mol. The molecule has 1 aromatic heterocycles. The van der Waals surface area contributed by atoms with Crippen LogP contribution in [-0.4, -0.2) is 27.3 Å². The molecular formula is C15H21N5O. The molecule has 21 heavy (non-hydrogen) atoms. The highest BCUT2D eigenvalue weighted by atomic mass is 16.5. The number of hydrogen-bond acceptors (Lipinski definition) is 5. The lowest BCUT2D eigenvalue weighted by atomic mass is 9.99. The van der Waals surface area contributed by atoms with Crippen LogP contribution in [0.3, 0.4) is 0 Å². The van der Waals surface area contributed by atoms with Gasteiger partial charge in [0, 0.05) is 11.8 Å². The SMILES string of the molecule is COc1cc(N)ccc1-c1nnnn1C(C)C1CCCC1. The molecule has 0 saturated heterocycles. The number of anilines is 1. The van der Waals surface area contributed by atoms with Crippen molar-refractivity contribution in [3.8, 4) is 17.1 Å². The van der Waals surface area contributed by atoms with E-state index in [0.717, 1.165) is 11.4 Å². The summed E-state index contributed by atoms with van der Waals surface area (Å²) in [6.45, 7) is 2.19. The third-order valence-electron chi connectivity index (χ3n) is 4.43. The van der Waals surface area contributed by atoms with Crippen molar-refractivity contribution in [1.29, 1.82) is 0 Å². The first-order valence-electron chi connectivity index (χ1n) is 7.42. The second-order valence-corrected chi connectivity index (χ2v) is 5.69. The largest absolute Gasteiger partial charge is 0.496 e. The van der Waals surface area contributed by atoms with Crippen molar-refractivity contribution < 1.29 is 4.74 Å². The number of benzene rings is 1. The Balaban J connectivity index is 1.98. The van der Waals surface area contributed by atoms with Gasteiger partial charge < -0.3 is 10.5 Å². The number of ether oxygens (including phenoxy) is 1. The van der Waals surface area contributed by atoms with Gasteiger partial charge in [0.05, 0.1) is 18.7 Å². The fourth-order valence-electron chi connectivity index (χ4n) is 3.18. The lowest BCUT2D eigenvalue weighted by Crippen LogP contribution is -2.17. The number of nitrogens with two attached hydrogens (primary N) is 1. The number of nitrogens with zero attached hydrogens (tertiary/aromatic N) is 4. The quantitative estimate of drug-likeness (QED) is 0.875. The van der Waals surface area contributed by atoms with Crippen molar-refractivity contribution in [2.75, 3.05) is 12.8 Å². The van der Waals surface area contributed by atoms with Gasteiger partial charge in [-0.3, -0.25) is 0 Å². The molecule has 0 radical (unpaired) electrons. The molecule has 112 valence electrons. The Morgan fingerprint density at radius 3 is 2.81 bits per heavy atom. The van der Waals surface area contributed by atoms with E-state index >= 15 is 0 Å². The Morgan fingerprint density at radius 1 is 1.33 bits per heavy atom. The number of nitrogen functional groups attached to an aromatic ring is 1. The molecule has 1 heterocycles. The second kappa shape index (κ2) is 5.71. The number of rotatable bonds is 4. The number of aromatic nitrogens is 4. The third kappa shape index (κ3) is 2.57. The van der Waals surface area contributed by atoms with E-state index in [1.807, 2.05) is 16.8 Å². The summed E-state index contributed by atoms with van der Waals surface area (Å²) in [4.78, 5) is 0. The first-order valence-corrected chi connectivity index (χ1v) is 7.42. The fourth-order valence-corrected chi connectivity index (χ4v) is 3.18. The highest BCUT2D eigenvalue weighted by Crippen LogP contribution is 2.37. The number of tetrazole rings is 1. The van der Waals surface area contributed by atoms with Gasteiger partial charge in [-0.25, -0.2) is 4.68 Å². The van der Waals surface area contributed by atoms with Crippen molar-refractivity contribution in [1.82, 2.24) is 20.2 Å². The first-order chi connectivity index (χ1) is 10.2. The minimum Gasteiger partial charge on any atom is -0.496 e. The molecule has 1 aliphatic carbocycles. The van der Waals surface area contributed by atoms with Gasteiger partial charge in [0.2, 0.25) is 0 Å². The van der Waals surface area contributed by atoms with Crippen LogP contribution in [-0.2, 0) is 0 Å². The average Bonchev–Trinajstić information content (AvgIpc) is 3.17. The molecule has 0 aliphatic heterocycles. The molecule has 6 nitrogen and oxygen atoms in total. The van der Waals surface area contributed by atoms with Gasteiger partial charge in [0.25, 0.3) is 0 Å². The first kappa shape index (κ1) is 13.9. The zero-order valence-electron chi connectivity index (χ0n) is 12.5. The molecule has 3 rings (SSSR count). The van der Waals surface area contributed by atoms with Crippen LogP contribution in [0.1, 0.15) is 38.6 Å². The van der Waals surface area contributed by atoms with Gasteiger partial charge in [0.1, 0.15) is 5.75 Å². The summed E-state index contributed by atoms with van der Waals surface area (Å²) in [5.41, 5.74) is 7.36. The van der Waals surface area contributed by atoms with Crippen LogP contribution in [0, 0.1) is 5.92 Å². The van der Waals surface area contributed by atoms with Gasteiger partial charge in [-0.05, 0) is 48.2 Å². The van der Waals surface area contributed by atoms with Crippen LogP contribution < -0.4 is 10.5 Å². The van der Waals surface area contributed by atoms with Crippen LogP contribution in [0.25, 0.3) is 11.4 Å². The maximum atomic E-state index is 5.82. The Labute approximate surface area is 124 Å². The zero-order chi connectivity index (χ0) is 14.8. The Bertz CT molecular complexity index is 618. The van der Waals surface area contributed by atoms with Crippen LogP contribution in [0.5, 0.6) is 5.75 Å². The summed E-state index contributed by atoms with van der Waals surface area (Å²) in [5.74, 6) is 2.09. The molecule has 2 N–H and O–H groups in total. The van der Waals surface area contributed by atoms with E-state index in [-0.39, 0.29) is 0 Å². The van der Waals surface area contributed by atoms with E-state index in [1.54, 1.807) is 13.2 Å². The number of methoxy groups -OCH3 is 1. The van der Waals surface area contributed by atoms with Gasteiger partial charge >= 0.3 is 0 Å². The highest BCUT2D eigenvalue weighted by Gasteiger charge is 2.26. The Kier molecular flexibility index (Phi) is 3.77. The molecule has 1 aliphatic rings. The van der Waals surface area contributed by atoms with Crippen molar-refractivity contribution in [2.45, 2.75) is 38.6 Å². The van der Waals surface area contributed by atoms with Gasteiger partial charge in [0.15, 0.2) is 5.82 Å². The molecule has 1 fully saturated rings. The smallest absolute Gasteiger partial charge is 0.186 e. The molecule has 1 atom stereocenters. The van der Waals surface area contributed by atoms with E-state index in [2.05, 4.69) is 22.4 Å². The van der Waals surface area contributed by atoms with E-state index in [1.165, 1.54) is 25.7 Å². The minimum absolute atomic E-state index is 0.291. The van der Waals surface area contributed by atoms with E-state index in [0.29, 0.717) is 23.4 Å². The van der Waals surface area contributed by atoms with Gasteiger partial charge in [-0.2, -0.15) is 0 Å². The molecule has 0 amide bonds. The van der Waals surface area contributed by atoms with Crippen LogP contribution >= 0.6 is 0 Å². The lowest BCUT2D eigenvalue weighted by Gasteiger charge is -2.20. The number of hydrogen-bond donors (Lipinski definition) is 1. The second-order valence-electron chi connectivity index (χ2n) is 5.69. The zero-order valence-corrected chi connectivity index (χ0v) is 12.5. The molecule has 0 spiro atoms. The Morgan fingerprint density at radius 2 is 2.10 bits per heavy atom.